The lowest BCUT2D eigenvalue weighted by molar-refractivity contribution is -0.384. The van der Waals surface area contributed by atoms with Crippen molar-refractivity contribution in [2.75, 3.05) is 5.32 Å². The first-order chi connectivity index (χ1) is 13.0. The van der Waals surface area contributed by atoms with Crippen molar-refractivity contribution < 1.29 is 14.5 Å². The van der Waals surface area contributed by atoms with Crippen LogP contribution in [-0.4, -0.2) is 10.8 Å². The van der Waals surface area contributed by atoms with Crippen LogP contribution in [0, 0.1) is 10.1 Å². The molecule has 0 saturated carbocycles. The molecule has 0 heterocycles. The Morgan fingerprint density at radius 2 is 1.81 bits per heavy atom. The molecule has 136 valence electrons. The maximum Gasteiger partial charge on any atom is 0.271 e. The largest absolute Gasteiger partial charge is 0.487 e. The van der Waals surface area contributed by atoms with Gasteiger partial charge in [-0.3, -0.25) is 14.9 Å². The van der Waals surface area contributed by atoms with Crippen LogP contribution in [-0.2, 0) is 6.61 Å². The molecule has 1 amide bonds. The highest BCUT2D eigenvalue weighted by Gasteiger charge is 2.11. The molecule has 0 saturated heterocycles. The highest BCUT2D eigenvalue weighted by atomic mass is 35.5. The second-order valence-corrected chi connectivity index (χ2v) is 6.09. The molecule has 27 heavy (non-hydrogen) atoms. The molecule has 6 nitrogen and oxygen atoms in total. The lowest BCUT2D eigenvalue weighted by Gasteiger charge is -2.10. The summed E-state index contributed by atoms with van der Waals surface area (Å²) in [6.45, 7) is 0.171. The number of amides is 1. The second-order valence-electron chi connectivity index (χ2n) is 5.68. The molecular formula is C20H15ClN2O4. The first-order valence-electron chi connectivity index (χ1n) is 8.05. The topological polar surface area (TPSA) is 81.5 Å². The Hall–Kier alpha value is -3.38. The average Bonchev–Trinajstić information content (AvgIpc) is 2.68. The van der Waals surface area contributed by atoms with Crippen molar-refractivity contribution in [3.8, 4) is 5.75 Å². The molecule has 0 aliphatic carbocycles. The number of rotatable bonds is 6. The van der Waals surface area contributed by atoms with E-state index in [2.05, 4.69) is 5.32 Å². The summed E-state index contributed by atoms with van der Waals surface area (Å²) in [6.07, 6.45) is 0. The lowest BCUT2D eigenvalue weighted by Crippen LogP contribution is -2.12. The quantitative estimate of drug-likeness (QED) is 0.476. The van der Waals surface area contributed by atoms with E-state index in [4.69, 9.17) is 16.3 Å². The number of para-hydroxylation sites is 1. The van der Waals surface area contributed by atoms with Gasteiger partial charge in [0.25, 0.3) is 11.6 Å². The molecule has 0 aromatic heterocycles. The Bertz CT molecular complexity index is 977. The fourth-order valence-corrected chi connectivity index (χ4v) is 2.64. The summed E-state index contributed by atoms with van der Waals surface area (Å²) in [5, 5.41) is 13.7. The van der Waals surface area contributed by atoms with E-state index in [1.807, 2.05) is 24.3 Å². The molecule has 0 radical (unpaired) electrons. The minimum atomic E-state index is -0.523. The molecule has 3 aromatic carbocycles. The SMILES string of the molecule is O=C(Nc1ccccc1)c1cccc(COc2ccc([N+](=O)[O-])cc2Cl)c1. The van der Waals surface area contributed by atoms with E-state index >= 15 is 0 Å². The van der Waals surface area contributed by atoms with Gasteiger partial charge in [-0.1, -0.05) is 41.9 Å². The Labute approximate surface area is 160 Å². The number of nitrogens with one attached hydrogen (secondary N) is 1. The van der Waals surface area contributed by atoms with Crippen molar-refractivity contribution in [2.45, 2.75) is 6.61 Å². The summed E-state index contributed by atoms with van der Waals surface area (Å²) in [4.78, 5) is 22.6. The van der Waals surface area contributed by atoms with Gasteiger partial charge in [-0.2, -0.15) is 0 Å². The minimum absolute atomic E-state index is 0.105. The third-order valence-electron chi connectivity index (χ3n) is 3.74. The van der Waals surface area contributed by atoms with Gasteiger partial charge in [-0.05, 0) is 35.9 Å². The number of nitro groups is 1. The molecule has 0 unspecified atom stereocenters. The maximum absolute atomic E-state index is 12.4. The zero-order valence-corrected chi connectivity index (χ0v) is 14.8. The normalized spacial score (nSPS) is 10.3. The van der Waals surface area contributed by atoms with Gasteiger partial charge in [0.05, 0.1) is 9.95 Å². The zero-order valence-electron chi connectivity index (χ0n) is 14.1. The predicted octanol–water partition coefficient (Wildman–Crippen LogP) is 5.08. The monoisotopic (exact) mass is 382 g/mol. The molecule has 0 aliphatic heterocycles. The van der Waals surface area contributed by atoms with E-state index in [9.17, 15) is 14.9 Å². The van der Waals surface area contributed by atoms with E-state index < -0.39 is 4.92 Å². The van der Waals surface area contributed by atoms with Gasteiger partial charge < -0.3 is 10.1 Å². The van der Waals surface area contributed by atoms with Gasteiger partial charge in [-0.15, -0.1) is 0 Å². The third-order valence-corrected chi connectivity index (χ3v) is 4.04. The summed E-state index contributed by atoms with van der Waals surface area (Å²) < 4.78 is 5.62. The molecule has 1 N–H and O–H groups in total. The summed E-state index contributed by atoms with van der Waals surface area (Å²) in [6, 6.07) is 20.2. The number of benzene rings is 3. The molecular weight excluding hydrogens is 368 g/mol. The number of carbonyl (C=O) groups is 1. The summed E-state index contributed by atoms with van der Waals surface area (Å²) in [7, 11) is 0. The fourth-order valence-electron chi connectivity index (χ4n) is 2.41. The minimum Gasteiger partial charge on any atom is -0.487 e. The molecule has 0 aliphatic rings. The standard InChI is InChI=1S/C20H15ClN2O4/c21-18-12-17(23(25)26)9-10-19(18)27-13-14-5-4-6-15(11-14)20(24)22-16-7-2-1-3-8-16/h1-12H,13H2,(H,22,24). The molecule has 0 bridgehead atoms. The van der Waals surface area contributed by atoms with Crippen LogP contribution in [0.5, 0.6) is 5.75 Å². The Balaban J connectivity index is 1.67. The van der Waals surface area contributed by atoms with Crippen LogP contribution < -0.4 is 10.1 Å². The molecule has 3 rings (SSSR count). The fraction of sp³-hybridized carbons (Fsp3) is 0.0500. The van der Waals surface area contributed by atoms with Crippen LogP contribution in [0.25, 0.3) is 0 Å². The van der Waals surface area contributed by atoms with Crippen molar-refractivity contribution in [3.63, 3.8) is 0 Å². The predicted molar refractivity (Wildman–Crippen MR) is 103 cm³/mol. The van der Waals surface area contributed by atoms with Gasteiger partial charge in [0.15, 0.2) is 0 Å². The Morgan fingerprint density at radius 1 is 1.04 bits per heavy atom. The number of nitrogens with zero attached hydrogens (tertiary/aromatic N) is 1. The number of anilines is 1. The van der Waals surface area contributed by atoms with Crippen LogP contribution in [0.3, 0.4) is 0 Å². The van der Waals surface area contributed by atoms with Crippen LogP contribution >= 0.6 is 11.6 Å². The molecule has 3 aromatic rings. The van der Waals surface area contributed by atoms with Gasteiger partial charge in [0.1, 0.15) is 12.4 Å². The highest BCUT2D eigenvalue weighted by molar-refractivity contribution is 6.32. The third kappa shape index (κ3) is 4.83. The van der Waals surface area contributed by atoms with E-state index in [-0.39, 0.29) is 23.2 Å². The van der Waals surface area contributed by atoms with E-state index in [0.29, 0.717) is 17.0 Å². The number of ether oxygens (including phenoxy) is 1. The second kappa shape index (κ2) is 8.33. The van der Waals surface area contributed by atoms with Crippen LogP contribution in [0.15, 0.2) is 72.8 Å². The molecule has 0 spiro atoms. The van der Waals surface area contributed by atoms with E-state index in [1.54, 1.807) is 30.3 Å². The molecule has 7 heteroatoms. The number of non-ortho nitro benzene ring substituents is 1. The number of carbonyl (C=O) groups excluding carboxylic acids is 1. The van der Waals surface area contributed by atoms with E-state index in [1.165, 1.54) is 18.2 Å². The van der Waals surface area contributed by atoms with Crippen molar-refractivity contribution >= 4 is 28.9 Å². The first-order valence-corrected chi connectivity index (χ1v) is 8.43. The number of nitro benzene ring substituents is 1. The van der Waals surface area contributed by atoms with Gasteiger partial charge in [-0.25, -0.2) is 0 Å². The maximum atomic E-state index is 12.4. The highest BCUT2D eigenvalue weighted by Crippen LogP contribution is 2.29. The number of halogens is 1. The van der Waals surface area contributed by atoms with Crippen LogP contribution in [0.1, 0.15) is 15.9 Å². The summed E-state index contributed by atoms with van der Waals surface area (Å²) >= 11 is 6.02. The number of hydrogen-bond donors (Lipinski definition) is 1. The molecule has 0 fully saturated rings. The zero-order chi connectivity index (χ0) is 19.2. The van der Waals surface area contributed by atoms with Gasteiger partial charge >= 0.3 is 0 Å². The van der Waals surface area contributed by atoms with E-state index in [0.717, 1.165) is 5.56 Å². The van der Waals surface area contributed by atoms with Gasteiger partial charge in [0.2, 0.25) is 0 Å². The smallest absolute Gasteiger partial charge is 0.271 e. The average molecular weight is 383 g/mol. The van der Waals surface area contributed by atoms with Crippen molar-refractivity contribution in [3.05, 3.63) is 99.1 Å². The van der Waals surface area contributed by atoms with Crippen LogP contribution in [0.2, 0.25) is 5.02 Å². The first kappa shape index (κ1) is 18.4. The van der Waals surface area contributed by atoms with Gasteiger partial charge in [0, 0.05) is 23.4 Å². The number of hydrogen-bond acceptors (Lipinski definition) is 4. The molecule has 0 atom stereocenters. The Morgan fingerprint density at radius 3 is 2.52 bits per heavy atom. The summed E-state index contributed by atoms with van der Waals surface area (Å²) in [5.41, 5.74) is 1.87. The summed E-state index contributed by atoms with van der Waals surface area (Å²) in [5.74, 6) is 0.109. The van der Waals surface area contributed by atoms with Crippen molar-refractivity contribution in [1.29, 1.82) is 0 Å². The Kier molecular flexibility index (Phi) is 5.68. The van der Waals surface area contributed by atoms with Crippen molar-refractivity contribution in [2.24, 2.45) is 0 Å². The van der Waals surface area contributed by atoms with Crippen LogP contribution in [0.4, 0.5) is 11.4 Å². The van der Waals surface area contributed by atoms with Crippen molar-refractivity contribution in [1.82, 2.24) is 0 Å². The lowest BCUT2D eigenvalue weighted by atomic mass is 10.1.